The zero-order valence-electron chi connectivity index (χ0n) is 22.4. The smallest absolute Gasteiger partial charge is 0.416 e. The van der Waals surface area contributed by atoms with E-state index < -0.39 is 33.3 Å². The number of aromatic nitrogens is 4. The molecule has 0 fully saturated rings. The first-order chi connectivity index (χ1) is 19.1. The fraction of sp³-hybridized carbons (Fsp3) is 0.296. The summed E-state index contributed by atoms with van der Waals surface area (Å²) in [5, 5.41) is 17.6. The van der Waals surface area contributed by atoms with Gasteiger partial charge in [0.25, 0.3) is 0 Å². The Bertz CT molecular complexity index is 1630. The number of benzene rings is 2. The van der Waals surface area contributed by atoms with E-state index in [0.29, 0.717) is 35.5 Å². The number of aromatic hydroxyl groups is 1. The lowest BCUT2D eigenvalue weighted by molar-refractivity contribution is -0.137. The highest BCUT2D eigenvalue weighted by Crippen LogP contribution is 2.34. The molecule has 9 nitrogen and oxygen atoms in total. The van der Waals surface area contributed by atoms with Gasteiger partial charge in [-0.15, -0.1) is 0 Å². The molecule has 2 aromatic heterocycles. The van der Waals surface area contributed by atoms with Crippen LogP contribution in [0.25, 0.3) is 22.5 Å². The average Bonchev–Trinajstić information content (AvgIpc) is 3.36. The number of hydrogen-bond acceptors (Lipinski definition) is 7. The number of anilines is 1. The van der Waals surface area contributed by atoms with Gasteiger partial charge in [0.05, 0.1) is 21.7 Å². The predicted octanol–water partition coefficient (Wildman–Crippen LogP) is 5.41. The molecule has 0 saturated heterocycles. The van der Waals surface area contributed by atoms with Gasteiger partial charge in [0, 0.05) is 36.6 Å². The molecule has 41 heavy (non-hydrogen) atoms. The minimum atomic E-state index is -4.56. The van der Waals surface area contributed by atoms with E-state index in [2.05, 4.69) is 25.1 Å². The van der Waals surface area contributed by atoms with Crippen molar-refractivity contribution in [2.75, 3.05) is 18.4 Å². The summed E-state index contributed by atoms with van der Waals surface area (Å²) in [6.45, 7) is 6.21. The first-order valence-electron chi connectivity index (χ1n) is 12.5. The average molecular weight is 593 g/mol. The van der Waals surface area contributed by atoms with Crippen LogP contribution in [0, 0.1) is 5.82 Å². The molecule has 0 aliphatic rings. The van der Waals surface area contributed by atoms with E-state index in [1.807, 2.05) is 20.8 Å². The molecular formula is C27H28F4N6O3S. The lowest BCUT2D eigenvalue weighted by Crippen LogP contribution is -2.26. The summed E-state index contributed by atoms with van der Waals surface area (Å²) in [7, 11) is -3.98. The summed E-state index contributed by atoms with van der Waals surface area (Å²) in [6, 6.07) is 8.90. The highest BCUT2D eigenvalue weighted by Gasteiger charge is 2.30. The van der Waals surface area contributed by atoms with Crippen LogP contribution in [0.1, 0.15) is 32.8 Å². The number of phenolic OH excluding ortho intramolecular Hbond substituents is 1. The van der Waals surface area contributed by atoms with Crippen molar-refractivity contribution in [3.63, 3.8) is 0 Å². The summed E-state index contributed by atoms with van der Waals surface area (Å²) < 4.78 is 80.8. The molecule has 2 heterocycles. The van der Waals surface area contributed by atoms with E-state index in [-0.39, 0.29) is 22.9 Å². The molecule has 4 rings (SSSR count). The maximum atomic E-state index is 13.7. The van der Waals surface area contributed by atoms with Crippen molar-refractivity contribution < 1.29 is 31.1 Å². The number of nitrogens with zero attached hydrogens (tertiary/aromatic N) is 4. The van der Waals surface area contributed by atoms with Crippen LogP contribution in [0.3, 0.4) is 0 Å². The van der Waals surface area contributed by atoms with Gasteiger partial charge in [-0.3, -0.25) is 4.68 Å². The van der Waals surface area contributed by atoms with Gasteiger partial charge in [0.1, 0.15) is 5.69 Å². The molecule has 0 spiro atoms. The standard InChI is InChI=1S/C27H28F4N6O3S/c1-26(2,3)37-16-20(24(36-37)17-5-10-21(28)23(38)15-17)22-11-14-33-25(35-22)32-12-4-13-34-41(39,40)19-8-6-18(7-9-19)27(29,30)31/h5-11,14-16,34,38H,4,12-13H2,1-3H3,(H,32,33,35). The number of halogens is 4. The minimum absolute atomic E-state index is 0.0204. The number of alkyl halides is 3. The Morgan fingerprint density at radius 2 is 1.71 bits per heavy atom. The SMILES string of the molecule is CC(C)(C)n1cc(-c2ccnc(NCCCNS(=O)(=O)c3ccc(C(F)(F)F)cc3)n2)c(-c2ccc(F)c(O)c2)n1. The summed E-state index contributed by atoms with van der Waals surface area (Å²) in [5.41, 5.74) is 0.807. The number of sulfonamides is 1. The van der Waals surface area contributed by atoms with Crippen LogP contribution in [0.5, 0.6) is 5.75 Å². The molecule has 0 saturated carbocycles. The normalized spacial score (nSPS) is 12.5. The molecule has 0 unspecified atom stereocenters. The summed E-state index contributed by atoms with van der Waals surface area (Å²) in [5.74, 6) is -0.983. The van der Waals surface area contributed by atoms with Crippen LogP contribution < -0.4 is 10.0 Å². The first-order valence-corrected chi connectivity index (χ1v) is 14.0. The topological polar surface area (TPSA) is 122 Å². The van der Waals surface area contributed by atoms with Crippen LogP contribution >= 0.6 is 0 Å². The molecule has 4 aromatic rings. The van der Waals surface area contributed by atoms with Gasteiger partial charge >= 0.3 is 6.18 Å². The molecule has 14 heteroatoms. The van der Waals surface area contributed by atoms with E-state index in [0.717, 1.165) is 30.3 Å². The molecule has 0 radical (unpaired) electrons. The quantitative estimate of drug-likeness (QED) is 0.176. The molecule has 0 bridgehead atoms. The third-order valence-corrected chi connectivity index (χ3v) is 7.45. The van der Waals surface area contributed by atoms with Crippen molar-refractivity contribution in [2.45, 2.75) is 43.8 Å². The van der Waals surface area contributed by atoms with E-state index in [1.165, 1.54) is 12.1 Å². The first kappa shape index (κ1) is 29.9. The van der Waals surface area contributed by atoms with Crippen molar-refractivity contribution >= 4 is 16.0 Å². The maximum absolute atomic E-state index is 13.7. The van der Waals surface area contributed by atoms with Gasteiger partial charge in [0.15, 0.2) is 11.6 Å². The number of phenols is 1. The second-order valence-corrected chi connectivity index (χ2v) is 11.9. The Morgan fingerprint density at radius 1 is 1.00 bits per heavy atom. The van der Waals surface area contributed by atoms with Crippen LogP contribution in [0.4, 0.5) is 23.5 Å². The molecule has 3 N–H and O–H groups in total. The van der Waals surface area contributed by atoms with E-state index >= 15 is 0 Å². The summed E-state index contributed by atoms with van der Waals surface area (Å²) >= 11 is 0. The van der Waals surface area contributed by atoms with Gasteiger partial charge in [0.2, 0.25) is 16.0 Å². The minimum Gasteiger partial charge on any atom is -0.505 e. The van der Waals surface area contributed by atoms with Crippen molar-refractivity contribution in [1.82, 2.24) is 24.5 Å². The highest BCUT2D eigenvalue weighted by molar-refractivity contribution is 7.89. The summed E-state index contributed by atoms with van der Waals surface area (Å²) in [4.78, 5) is 8.48. The third kappa shape index (κ3) is 7.19. The van der Waals surface area contributed by atoms with Crippen LogP contribution in [0.2, 0.25) is 0 Å². The molecule has 2 aromatic carbocycles. The Balaban J connectivity index is 1.43. The summed E-state index contributed by atoms with van der Waals surface area (Å²) in [6.07, 6.45) is -0.884. The Morgan fingerprint density at radius 3 is 2.34 bits per heavy atom. The molecule has 218 valence electrons. The Hall–Kier alpha value is -4.04. The highest BCUT2D eigenvalue weighted by atomic mass is 32.2. The second kappa shape index (κ2) is 11.4. The molecular weight excluding hydrogens is 564 g/mol. The van der Waals surface area contributed by atoms with E-state index in [9.17, 15) is 31.1 Å². The fourth-order valence-corrected chi connectivity index (χ4v) is 4.85. The number of nitrogens with one attached hydrogen (secondary N) is 2. The predicted molar refractivity (Wildman–Crippen MR) is 145 cm³/mol. The molecule has 0 amide bonds. The van der Waals surface area contributed by atoms with Gasteiger partial charge in [-0.05, 0) is 75.7 Å². The Labute approximate surface area is 234 Å². The van der Waals surface area contributed by atoms with Gasteiger partial charge < -0.3 is 10.4 Å². The zero-order valence-corrected chi connectivity index (χ0v) is 23.2. The third-order valence-electron chi connectivity index (χ3n) is 5.97. The largest absolute Gasteiger partial charge is 0.505 e. The van der Waals surface area contributed by atoms with Gasteiger partial charge in [-0.2, -0.15) is 18.3 Å². The fourth-order valence-electron chi connectivity index (χ4n) is 3.77. The molecule has 0 atom stereocenters. The van der Waals surface area contributed by atoms with Gasteiger partial charge in [-0.1, -0.05) is 0 Å². The number of hydrogen-bond donors (Lipinski definition) is 3. The number of rotatable bonds is 9. The van der Waals surface area contributed by atoms with Crippen molar-refractivity contribution in [2.24, 2.45) is 0 Å². The van der Waals surface area contributed by atoms with E-state index in [1.54, 1.807) is 23.1 Å². The monoisotopic (exact) mass is 592 g/mol. The maximum Gasteiger partial charge on any atom is 0.416 e. The van der Waals surface area contributed by atoms with E-state index in [4.69, 9.17) is 0 Å². The lowest BCUT2D eigenvalue weighted by Gasteiger charge is -2.18. The van der Waals surface area contributed by atoms with Crippen molar-refractivity contribution in [1.29, 1.82) is 0 Å². The van der Waals surface area contributed by atoms with Crippen LogP contribution in [-0.4, -0.2) is 46.4 Å². The zero-order chi connectivity index (χ0) is 30.0. The Kier molecular flexibility index (Phi) is 8.36. The molecule has 0 aliphatic carbocycles. The second-order valence-electron chi connectivity index (χ2n) is 10.1. The van der Waals surface area contributed by atoms with Crippen molar-refractivity contribution in [3.05, 3.63) is 72.3 Å². The van der Waals surface area contributed by atoms with Gasteiger partial charge in [-0.25, -0.2) is 27.5 Å². The van der Waals surface area contributed by atoms with Crippen LogP contribution in [-0.2, 0) is 21.7 Å². The van der Waals surface area contributed by atoms with Crippen LogP contribution in [0.15, 0.2) is 65.8 Å². The lowest BCUT2D eigenvalue weighted by atomic mass is 10.1. The molecule has 0 aliphatic heterocycles. The van der Waals surface area contributed by atoms with Crippen molar-refractivity contribution in [3.8, 4) is 28.3 Å².